The first kappa shape index (κ1) is 23.6. The first-order chi connectivity index (χ1) is 8.07. The van der Waals surface area contributed by atoms with Crippen LogP contribution >= 0.6 is 20.1 Å². The molecule has 0 aromatic carbocycles. The second-order valence-corrected chi connectivity index (χ2v) is 3.33. The minimum atomic E-state index is -5.87. The summed E-state index contributed by atoms with van der Waals surface area (Å²) < 4.78 is 28.9. The van der Waals surface area contributed by atoms with Crippen LogP contribution in [0.1, 0.15) is 0 Å². The molecule has 14 heteroatoms. The molecule has 0 rings (SSSR count). The molecule has 10 nitrogen and oxygen atoms in total. The van der Waals surface area contributed by atoms with Crippen LogP contribution in [-0.4, -0.2) is 90.6 Å². The summed E-state index contributed by atoms with van der Waals surface area (Å²) in [6, 6.07) is 0. The minimum absolute atomic E-state index is 0. The van der Waals surface area contributed by atoms with Gasteiger partial charge in [-0.25, -0.2) is 29.2 Å². The van der Waals surface area contributed by atoms with Crippen molar-refractivity contribution in [3.63, 3.8) is 0 Å². The number of rotatable bonds is 2. The Morgan fingerprint density at radius 3 is 1.47 bits per heavy atom. The van der Waals surface area contributed by atoms with Gasteiger partial charge in [0.2, 0.25) is 0 Å². The van der Waals surface area contributed by atoms with Gasteiger partial charge < -0.3 is 19.3 Å². The summed E-state index contributed by atoms with van der Waals surface area (Å²) >= 11 is 3.81. The van der Waals surface area contributed by atoms with Crippen molar-refractivity contribution >= 4 is 101 Å². The summed E-state index contributed by atoms with van der Waals surface area (Å²) in [4.78, 5) is 39.8. The van der Waals surface area contributed by atoms with Crippen LogP contribution in [0.4, 0.5) is 4.20 Å². The summed E-state index contributed by atoms with van der Waals surface area (Å²) in [7, 11) is -5.87. The number of carboxylic acid groups (broad SMARTS) is 2. The van der Waals surface area contributed by atoms with E-state index in [9.17, 15) is 27.9 Å². The van der Waals surface area contributed by atoms with E-state index in [0.29, 0.717) is 0 Å². The molecule has 19 heavy (non-hydrogen) atoms. The summed E-state index contributed by atoms with van der Waals surface area (Å²) in [5.74, 6) is -9.17. The zero-order chi connectivity index (χ0) is 14.9. The Bertz CT molecular complexity index is 430. The van der Waals surface area contributed by atoms with Gasteiger partial charge >= 0.3 is 83.2 Å². The van der Waals surface area contributed by atoms with Crippen LogP contribution in [0.5, 0.6) is 0 Å². The average Bonchev–Trinajstić information content (AvgIpc) is 2.16. The van der Waals surface area contributed by atoms with Gasteiger partial charge in [0.15, 0.2) is 0 Å². The van der Waals surface area contributed by atoms with Gasteiger partial charge in [-0.2, -0.15) is 0 Å². The number of carbonyl (C=O) groups is 4. The molecule has 0 unspecified atom stereocenters. The third-order valence-electron chi connectivity index (χ3n) is 0.733. The fraction of sp³-hybridized carbons (Fsp3) is 0. The van der Waals surface area contributed by atoms with E-state index in [1.165, 1.54) is 0 Å². The number of hydrogen-bond donors (Lipinski definition) is 3. The number of aliphatic carboxylic acids is 2. The molecule has 0 fully saturated rings. The maximum atomic E-state index is 12.5. The number of halogens is 1. The normalized spacial score (nSPS) is 8.47. The van der Waals surface area contributed by atoms with Crippen LogP contribution in [0.15, 0.2) is 0 Å². The second-order valence-electron chi connectivity index (χ2n) is 1.90. The molecule has 3 N–H and O–H groups in total. The Hall–Kier alpha value is -0.524. The summed E-state index contributed by atoms with van der Waals surface area (Å²) in [6.45, 7) is 0. The molecule has 0 saturated heterocycles. The second kappa shape index (κ2) is 11.3. The van der Waals surface area contributed by atoms with E-state index in [-0.39, 0.29) is 51.4 Å². The van der Waals surface area contributed by atoms with Gasteiger partial charge in [-0.3, -0.25) is 0 Å². The molecular weight excluding hydrogens is 339 g/mol. The number of carboxylic acids is 2. The van der Waals surface area contributed by atoms with Crippen LogP contribution in [0, 0.1) is 5.41 Å². The first-order valence-electron chi connectivity index (χ1n) is 3.34. The zero-order valence-electron chi connectivity index (χ0n) is 7.99. The number of thiocarbonyl (C=S) groups is 1. The quantitative estimate of drug-likeness (QED) is 0.192. The van der Waals surface area contributed by atoms with Crippen molar-refractivity contribution < 1.29 is 47.2 Å². The Balaban J connectivity index is -0.000000580. The van der Waals surface area contributed by atoms with Gasteiger partial charge in [-0.1, -0.05) is 0 Å². The van der Waals surface area contributed by atoms with Gasteiger partial charge in [0.25, 0.3) is 0 Å². The van der Waals surface area contributed by atoms with Crippen LogP contribution in [0.2, 0.25) is 0 Å². The molecular formula is C5H4FKNO9PS. The molecule has 0 aromatic heterocycles. The topological polar surface area (TPSA) is 168 Å². The van der Waals surface area contributed by atoms with E-state index in [1.807, 2.05) is 0 Å². The van der Waals surface area contributed by atoms with E-state index < -0.39 is 31.8 Å². The van der Waals surface area contributed by atoms with Crippen molar-refractivity contribution in [1.29, 1.82) is 5.41 Å². The van der Waals surface area contributed by atoms with Gasteiger partial charge in [0, 0.05) is 0 Å². The van der Waals surface area contributed by atoms with Crippen LogP contribution < -0.4 is 0 Å². The van der Waals surface area contributed by atoms with E-state index in [4.69, 9.17) is 15.6 Å². The molecule has 0 spiro atoms. The molecule has 0 saturated carbocycles. The molecule has 0 bridgehead atoms. The summed E-state index contributed by atoms with van der Waals surface area (Å²) in [6.07, 6.45) is 0. The van der Waals surface area contributed by atoms with E-state index in [0.717, 1.165) is 0 Å². The monoisotopic (exact) mass is 343 g/mol. The van der Waals surface area contributed by atoms with Crippen LogP contribution in [-0.2, 0) is 32.8 Å². The van der Waals surface area contributed by atoms with Crippen LogP contribution in [0.25, 0.3) is 0 Å². The maximum absolute atomic E-state index is 12.5. The van der Waals surface area contributed by atoms with Crippen molar-refractivity contribution in [2.24, 2.45) is 0 Å². The van der Waals surface area contributed by atoms with Crippen molar-refractivity contribution in [3.8, 4) is 0 Å². The molecule has 0 heterocycles. The van der Waals surface area contributed by atoms with Crippen molar-refractivity contribution in [3.05, 3.63) is 0 Å². The van der Waals surface area contributed by atoms with E-state index >= 15 is 0 Å². The third kappa shape index (κ3) is 13.7. The standard InChI is InChI=1S/C4H2FO9P.CHNS.K.H/c5-15(12,13-3(10)1(6)7)14-4(11)2(8)9;2-1-3;;/h(H,6,7)(H,8,9);2H;;. The molecule has 0 aromatic rings. The van der Waals surface area contributed by atoms with Crippen molar-refractivity contribution in [1.82, 2.24) is 0 Å². The van der Waals surface area contributed by atoms with Crippen LogP contribution in [0.3, 0.4) is 0 Å². The molecule has 102 valence electrons. The number of hydrogen-bond acceptors (Lipinski definition) is 9. The Morgan fingerprint density at radius 1 is 1.11 bits per heavy atom. The number of nitrogens with one attached hydrogen (secondary N) is 1. The summed E-state index contributed by atoms with van der Waals surface area (Å²) in [5.41, 5.74) is 0. The van der Waals surface area contributed by atoms with Gasteiger partial charge in [0.1, 0.15) is 0 Å². The van der Waals surface area contributed by atoms with Gasteiger partial charge in [-0.15, -0.1) is 4.20 Å². The van der Waals surface area contributed by atoms with Crippen molar-refractivity contribution in [2.75, 3.05) is 0 Å². The Morgan fingerprint density at radius 2 is 1.32 bits per heavy atom. The molecule has 0 atom stereocenters. The molecule has 0 amide bonds. The number of carbonyl (C=O) groups excluding carboxylic acids is 2. The fourth-order valence-electron chi connectivity index (χ4n) is 0.295. The molecule has 0 aliphatic rings. The average molecular weight is 343 g/mol. The van der Waals surface area contributed by atoms with E-state index in [1.54, 1.807) is 5.16 Å². The predicted molar refractivity (Wildman–Crippen MR) is 58.6 cm³/mol. The predicted octanol–water partition coefficient (Wildman–Crippen LogP) is -0.661. The number of isothiocyanates is 1. The van der Waals surface area contributed by atoms with Crippen molar-refractivity contribution in [2.45, 2.75) is 0 Å². The molecule has 0 radical (unpaired) electrons. The first-order valence-corrected chi connectivity index (χ1v) is 5.18. The van der Waals surface area contributed by atoms with E-state index in [2.05, 4.69) is 21.3 Å². The molecule has 0 aliphatic heterocycles. The molecule has 0 aliphatic carbocycles. The Labute approximate surface area is 151 Å². The fourth-order valence-corrected chi connectivity index (χ4v) is 0.884. The summed E-state index contributed by atoms with van der Waals surface area (Å²) in [5, 5.41) is 23.1. The van der Waals surface area contributed by atoms with Gasteiger partial charge in [0.05, 0.1) is 5.16 Å². The Kier molecular flexibility index (Phi) is 14.0. The SMILES string of the molecule is N=C=S.O=C(O)C(=O)OP(=O)(F)OC(=O)C(=O)O.[KH]. The van der Waals surface area contributed by atoms with Gasteiger partial charge in [-0.05, 0) is 12.2 Å². The zero-order valence-corrected chi connectivity index (χ0v) is 9.70. The third-order valence-corrected chi connectivity index (χ3v) is 1.50.